The van der Waals surface area contributed by atoms with E-state index < -0.39 is 0 Å². The van der Waals surface area contributed by atoms with Crippen LogP contribution >= 0.6 is 12.6 Å². The molecule has 0 N–H and O–H groups in total. The summed E-state index contributed by atoms with van der Waals surface area (Å²) >= 11 is 3.96. The van der Waals surface area contributed by atoms with Gasteiger partial charge in [0.25, 0.3) is 5.03 Å². The Kier molecular flexibility index (Phi) is 1.62. The highest BCUT2D eigenvalue weighted by molar-refractivity contribution is 7.80. The number of para-hydroxylation sites is 2. The highest BCUT2D eigenvalue weighted by Crippen LogP contribution is 2.07. The van der Waals surface area contributed by atoms with Gasteiger partial charge in [-0.3, -0.25) is 0 Å². The Morgan fingerprint density at radius 2 is 2.08 bits per heavy atom. The van der Waals surface area contributed by atoms with Gasteiger partial charge in [0.15, 0.2) is 0 Å². The first-order valence-corrected chi connectivity index (χ1v) is 3.90. The average Bonchev–Trinajstić information content (AvgIpc) is 2.12. The Morgan fingerprint density at radius 1 is 1.33 bits per heavy atom. The molecular weight excluding hydrogens is 172 g/mol. The van der Waals surface area contributed by atoms with E-state index in [1.54, 1.807) is 18.2 Å². The van der Waals surface area contributed by atoms with Crippen LogP contribution in [0.3, 0.4) is 0 Å². The number of aromatic nitrogens is 2. The smallest absolute Gasteiger partial charge is 0.267 e. The summed E-state index contributed by atoms with van der Waals surface area (Å²) in [4.78, 5) is 4.04. The number of rotatable bonds is 0. The summed E-state index contributed by atoms with van der Waals surface area (Å²) in [6.45, 7) is 0. The third-order valence-electron chi connectivity index (χ3n) is 1.63. The van der Waals surface area contributed by atoms with Gasteiger partial charge in [-0.2, -0.15) is 4.73 Å². The summed E-state index contributed by atoms with van der Waals surface area (Å²) < 4.78 is 0.755. The Bertz CT molecular complexity index is 430. The van der Waals surface area contributed by atoms with Gasteiger partial charge in [0.05, 0.1) is 0 Å². The zero-order chi connectivity index (χ0) is 8.55. The number of hydrogen-bond donors (Lipinski definition) is 1. The Hall–Kier alpha value is -1.29. The molecule has 0 aliphatic heterocycles. The topological polar surface area (TPSA) is 39.8 Å². The normalized spacial score (nSPS) is 10.4. The predicted molar refractivity (Wildman–Crippen MR) is 48.0 cm³/mol. The van der Waals surface area contributed by atoms with Crippen LogP contribution < -0.4 is 4.73 Å². The maximum Gasteiger partial charge on any atom is 0.267 e. The fourth-order valence-electron chi connectivity index (χ4n) is 1.05. The standard InChI is InChI=1S/C8H6N2OS/c11-10-7-4-2-1-3-6(7)9-5-8(10)12/h1-5,12H. The first kappa shape index (κ1) is 7.36. The van der Waals surface area contributed by atoms with Crippen LogP contribution in [0.2, 0.25) is 0 Å². The first-order valence-electron chi connectivity index (χ1n) is 3.45. The van der Waals surface area contributed by atoms with Gasteiger partial charge in [0.1, 0.15) is 11.7 Å². The SMILES string of the molecule is [O-][n+]1c(S)cnc2ccccc21. The predicted octanol–water partition coefficient (Wildman–Crippen LogP) is 1.16. The van der Waals surface area contributed by atoms with Gasteiger partial charge in [-0.15, -0.1) is 0 Å². The van der Waals surface area contributed by atoms with Crippen LogP contribution in [0.4, 0.5) is 0 Å². The number of thiol groups is 1. The fourth-order valence-corrected chi connectivity index (χ4v) is 1.21. The molecule has 2 rings (SSSR count). The van der Waals surface area contributed by atoms with E-state index in [9.17, 15) is 5.21 Å². The first-order chi connectivity index (χ1) is 5.79. The number of fused-ring (bicyclic) bond motifs is 1. The molecule has 1 aromatic carbocycles. The molecule has 0 unspecified atom stereocenters. The van der Waals surface area contributed by atoms with E-state index in [-0.39, 0.29) is 0 Å². The molecule has 0 aliphatic carbocycles. The second-order valence-electron chi connectivity index (χ2n) is 2.40. The van der Waals surface area contributed by atoms with Crippen molar-refractivity contribution in [1.29, 1.82) is 0 Å². The van der Waals surface area contributed by atoms with Crippen LogP contribution in [0.5, 0.6) is 0 Å². The molecule has 12 heavy (non-hydrogen) atoms. The van der Waals surface area contributed by atoms with Crippen molar-refractivity contribution >= 4 is 23.7 Å². The highest BCUT2D eigenvalue weighted by Gasteiger charge is 2.05. The van der Waals surface area contributed by atoms with Gasteiger partial charge in [-0.1, -0.05) is 24.8 Å². The maximum absolute atomic E-state index is 11.3. The summed E-state index contributed by atoms with van der Waals surface area (Å²) in [7, 11) is 0. The fraction of sp³-hybridized carbons (Fsp3) is 0. The van der Waals surface area contributed by atoms with Crippen molar-refractivity contribution < 1.29 is 4.73 Å². The van der Waals surface area contributed by atoms with Gasteiger partial charge in [-0.25, -0.2) is 4.98 Å². The summed E-state index contributed by atoms with van der Waals surface area (Å²) in [5.74, 6) is 0. The minimum Gasteiger partial charge on any atom is -0.617 e. The second-order valence-corrected chi connectivity index (χ2v) is 2.86. The third-order valence-corrected chi connectivity index (χ3v) is 1.92. The van der Waals surface area contributed by atoms with Gasteiger partial charge in [-0.05, 0) is 6.07 Å². The largest absolute Gasteiger partial charge is 0.617 e. The minimum absolute atomic E-state index is 0.314. The molecule has 1 aromatic heterocycles. The van der Waals surface area contributed by atoms with E-state index in [0.29, 0.717) is 16.1 Å². The van der Waals surface area contributed by atoms with E-state index in [2.05, 4.69) is 17.6 Å². The molecule has 0 radical (unpaired) electrons. The van der Waals surface area contributed by atoms with Crippen molar-refractivity contribution in [2.75, 3.05) is 0 Å². The Balaban J connectivity index is 2.91. The van der Waals surface area contributed by atoms with Gasteiger partial charge >= 0.3 is 0 Å². The molecule has 0 bridgehead atoms. The van der Waals surface area contributed by atoms with Crippen molar-refractivity contribution in [2.24, 2.45) is 0 Å². The molecule has 0 saturated heterocycles. The summed E-state index contributed by atoms with van der Waals surface area (Å²) in [6.07, 6.45) is 1.44. The van der Waals surface area contributed by atoms with Gasteiger partial charge < -0.3 is 5.21 Å². The second kappa shape index (κ2) is 2.64. The van der Waals surface area contributed by atoms with E-state index >= 15 is 0 Å². The van der Waals surface area contributed by atoms with Crippen LogP contribution in [-0.2, 0) is 0 Å². The molecule has 1 heterocycles. The monoisotopic (exact) mass is 178 g/mol. The molecule has 0 aliphatic rings. The van der Waals surface area contributed by atoms with Gasteiger partial charge in [0.2, 0.25) is 5.52 Å². The maximum atomic E-state index is 11.3. The van der Waals surface area contributed by atoms with E-state index in [1.165, 1.54) is 6.20 Å². The average molecular weight is 178 g/mol. The van der Waals surface area contributed by atoms with Crippen LogP contribution in [0.25, 0.3) is 11.0 Å². The Labute approximate surface area is 74.7 Å². The highest BCUT2D eigenvalue weighted by atomic mass is 32.1. The Morgan fingerprint density at radius 3 is 2.92 bits per heavy atom. The van der Waals surface area contributed by atoms with E-state index in [1.807, 2.05) is 6.07 Å². The minimum atomic E-state index is 0.314. The zero-order valence-electron chi connectivity index (χ0n) is 6.14. The lowest BCUT2D eigenvalue weighted by molar-refractivity contribution is -0.618. The lowest BCUT2D eigenvalue weighted by Crippen LogP contribution is -2.29. The summed E-state index contributed by atoms with van der Waals surface area (Å²) in [5, 5.41) is 11.6. The molecule has 0 spiro atoms. The molecule has 3 nitrogen and oxygen atoms in total. The summed E-state index contributed by atoms with van der Waals surface area (Å²) in [6, 6.07) is 7.14. The quantitative estimate of drug-likeness (QED) is 0.373. The lowest BCUT2D eigenvalue weighted by atomic mass is 10.3. The molecule has 0 amide bonds. The molecule has 60 valence electrons. The van der Waals surface area contributed by atoms with E-state index in [4.69, 9.17) is 0 Å². The zero-order valence-corrected chi connectivity index (χ0v) is 7.03. The van der Waals surface area contributed by atoms with Crippen molar-refractivity contribution in [3.8, 4) is 0 Å². The van der Waals surface area contributed by atoms with Crippen LogP contribution in [0.1, 0.15) is 0 Å². The summed E-state index contributed by atoms with van der Waals surface area (Å²) in [5.41, 5.74) is 1.23. The molecule has 0 saturated carbocycles. The van der Waals surface area contributed by atoms with Crippen LogP contribution in [0.15, 0.2) is 35.5 Å². The lowest BCUT2D eigenvalue weighted by Gasteiger charge is -2.01. The number of benzene rings is 1. The molecule has 0 fully saturated rings. The molecule has 4 heteroatoms. The van der Waals surface area contributed by atoms with Crippen molar-refractivity contribution in [2.45, 2.75) is 5.03 Å². The molecule has 0 atom stereocenters. The molecular formula is C8H6N2OS. The van der Waals surface area contributed by atoms with Gasteiger partial charge in [0, 0.05) is 6.07 Å². The molecule has 2 aromatic rings. The van der Waals surface area contributed by atoms with Crippen molar-refractivity contribution in [1.82, 2.24) is 4.98 Å². The van der Waals surface area contributed by atoms with Crippen LogP contribution in [-0.4, -0.2) is 4.98 Å². The van der Waals surface area contributed by atoms with E-state index in [0.717, 1.165) is 4.73 Å². The van der Waals surface area contributed by atoms with Crippen molar-refractivity contribution in [3.05, 3.63) is 35.7 Å². The van der Waals surface area contributed by atoms with Crippen LogP contribution in [0, 0.1) is 5.21 Å². The van der Waals surface area contributed by atoms with Crippen molar-refractivity contribution in [3.63, 3.8) is 0 Å². The third kappa shape index (κ3) is 1.00. The number of nitrogens with zero attached hydrogens (tertiary/aromatic N) is 2. The number of hydrogen-bond acceptors (Lipinski definition) is 3.